The van der Waals surface area contributed by atoms with Gasteiger partial charge in [-0.25, -0.2) is 0 Å². The summed E-state index contributed by atoms with van der Waals surface area (Å²) in [5.74, 6) is -0.306. The minimum absolute atomic E-state index is 0.0692. The summed E-state index contributed by atoms with van der Waals surface area (Å²) in [7, 11) is 0. The van der Waals surface area contributed by atoms with E-state index in [0.29, 0.717) is 29.0 Å². The fourth-order valence-electron chi connectivity index (χ4n) is 2.69. The van der Waals surface area contributed by atoms with Crippen molar-refractivity contribution in [3.05, 3.63) is 59.7 Å². The number of hydrogen-bond acceptors (Lipinski definition) is 5. The van der Waals surface area contributed by atoms with Gasteiger partial charge in [0.1, 0.15) is 5.75 Å². The molecule has 170 valence electrons. The van der Waals surface area contributed by atoms with Crippen LogP contribution in [-0.4, -0.2) is 28.9 Å². The molecule has 0 spiro atoms. The number of nitrogens with one attached hydrogen (secondary N) is 4. The molecule has 0 saturated heterocycles. The van der Waals surface area contributed by atoms with Crippen molar-refractivity contribution in [2.75, 3.05) is 5.32 Å². The SMILES string of the molecule is CC(C)CC(=O)Nc1ccc(C(=O)NNC(=S)NC(=O)c2ccccc2OC(C)C)cc1. The number of benzene rings is 2. The maximum atomic E-state index is 12.5. The van der Waals surface area contributed by atoms with Gasteiger partial charge >= 0.3 is 0 Å². The maximum Gasteiger partial charge on any atom is 0.269 e. The average Bonchev–Trinajstić information content (AvgIpc) is 2.71. The van der Waals surface area contributed by atoms with Gasteiger partial charge in [0.15, 0.2) is 5.11 Å². The summed E-state index contributed by atoms with van der Waals surface area (Å²) in [5.41, 5.74) is 6.20. The number of hydrazine groups is 1. The molecule has 4 N–H and O–H groups in total. The highest BCUT2D eigenvalue weighted by molar-refractivity contribution is 7.80. The second-order valence-electron chi connectivity index (χ2n) is 7.75. The van der Waals surface area contributed by atoms with E-state index in [2.05, 4.69) is 21.5 Å². The molecule has 0 aliphatic carbocycles. The number of para-hydroxylation sites is 1. The first-order valence-electron chi connectivity index (χ1n) is 10.2. The summed E-state index contributed by atoms with van der Waals surface area (Å²) in [6, 6.07) is 13.2. The summed E-state index contributed by atoms with van der Waals surface area (Å²) in [6.45, 7) is 7.65. The number of hydrogen-bond donors (Lipinski definition) is 4. The molecule has 0 fully saturated rings. The van der Waals surface area contributed by atoms with E-state index in [9.17, 15) is 14.4 Å². The number of amides is 3. The van der Waals surface area contributed by atoms with E-state index in [-0.39, 0.29) is 23.0 Å². The van der Waals surface area contributed by atoms with Crippen molar-refractivity contribution >= 4 is 40.7 Å². The summed E-state index contributed by atoms with van der Waals surface area (Å²) < 4.78 is 5.64. The highest BCUT2D eigenvalue weighted by atomic mass is 32.1. The Bertz CT molecular complexity index is 974. The van der Waals surface area contributed by atoms with Crippen LogP contribution in [0, 0.1) is 5.92 Å². The average molecular weight is 457 g/mol. The fourth-order valence-corrected chi connectivity index (χ4v) is 2.83. The van der Waals surface area contributed by atoms with Crippen molar-refractivity contribution in [2.45, 2.75) is 40.2 Å². The molecule has 32 heavy (non-hydrogen) atoms. The first kappa shape index (κ1) is 24.8. The van der Waals surface area contributed by atoms with Crippen LogP contribution in [0.1, 0.15) is 54.8 Å². The van der Waals surface area contributed by atoms with Gasteiger partial charge in [0.2, 0.25) is 5.91 Å². The summed E-state index contributed by atoms with van der Waals surface area (Å²) in [4.78, 5) is 36.6. The molecule has 0 aliphatic rings. The third-order valence-corrected chi connectivity index (χ3v) is 4.24. The smallest absolute Gasteiger partial charge is 0.269 e. The van der Waals surface area contributed by atoms with Crippen molar-refractivity contribution < 1.29 is 19.1 Å². The Morgan fingerprint density at radius 3 is 2.19 bits per heavy atom. The quantitative estimate of drug-likeness (QED) is 0.376. The van der Waals surface area contributed by atoms with E-state index in [1.807, 2.05) is 27.7 Å². The molecule has 0 unspecified atom stereocenters. The van der Waals surface area contributed by atoms with Gasteiger partial charge in [0, 0.05) is 17.7 Å². The predicted octanol–water partition coefficient (Wildman–Crippen LogP) is 3.41. The minimum Gasteiger partial charge on any atom is -0.490 e. The normalized spacial score (nSPS) is 10.4. The van der Waals surface area contributed by atoms with Gasteiger partial charge in [-0.2, -0.15) is 0 Å². The van der Waals surface area contributed by atoms with Crippen molar-refractivity contribution in [1.29, 1.82) is 0 Å². The molecule has 0 aliphatic heterocycles. The number of rotatable bonds is 7. The molecule has 2 aromatic carbocycles. The van der Waals surface area contributed by atoms with Gasteiger partial charge in [0.05, 0.1) is 11.7 Å². The lowest BCUT2D eigenvalue weighted by Gasteiger charge is -2.15. The van der Waals surface area contributed by atoms with Crippen LogP contribution in [0.2, 0.25) is 0 Å². The zero-order valence-electron chi connectivity index (χ0n) is 18.5. The van der Waals surface area contributed by atoms with Crippen molar-refractivity contribution in [3.8, 4) is 5.75 Å². The molecule has 2 rings (SSSR count). The lowest BCUT2D eigenvalue weighted by molar-refractivity contribution is -0.116. The first-order chi connectivity index (χ1) is 15.2. The third kappa shape index (κ3) is 7.99. The summed E-state index contributed by atoms with van der Waals surface area (Å²) >= 11 is 5.09. The molecule has 0 aromatic heterocycles. The minimum atomic E-state index is -0.463. The van der Waals surface area contributed by atoms with Crippen LogP contribution < -0.4 is 26.2 Å². The van der Waals surface area contributed by atoms with E-state index < -0.39 is 11.8 Å². The van der Waals surface area contributed by atoms with Crippen LogP contribution in [0.5, 0.6) is 5.75 Å². The highest BCUT2D eigenvalue weighted by Crippen LogP contribution is 2.19. The number of carbonyl (C=O) groups excluding carboxylic acids is 3. The van der Waals surface area contributed by atoms with Crippen molar-refractivity contribution in [1.82, 2.24) is 16.2 Å². The Morgan fingerprint density at radius 1 is 0.906 bits per heavy atom. The van der Waals surface area contributed by atoms with Crippen LogP contribution in [0.25, 0.3) is 0 Å². The number of anilines is 1. The maximum absolute atomic E-state index is 12.5. The topological polar surface area (TPSA) is 109 Å². The zero-order valence-corrected chi connectivity index (χ0v) is 19.3. The Labute approximate surface area is 193 Å². The molecular weight excluding hydrogens is 428 g/mol. The highest BCUT2D eigenvalue weighted by Gasteiger charge is 2.15. The van der Waals surface area contributed by atoms with Gasteiger partial charge in [-0.05, 0) is 68.4 Å². The lowest BCUT2D eigenvalue weighted by Crippen LogP contribution is -2.48. The zero-order chi connectivity index (χ0) is 23.7. The lowest BCUT2D eigenvalue weighted by atomic mass is 10.1. The first-order valence-corrected chi connectivity index (χ1v) is 10.6. The van der Waals surface area contributed by atoms with Crippen LogP contribution in [-0.2, 0) is 4.79 Å². The predicted molar refractivity (Wildman–Crippen MR) is 127 cm³/mol. The second kappa shape index (κ2) is 11.8. The Morgan fingerprint density at radius 2 is 1.56 bits per heavy atom. The van der Waals surface area contributed by atoms with Crippen molar-refractivity contribution in [2.24, 2.45) is 5.92 Å². The Balaban J connectivity index is 1.87. The summed E-state index contributed by atoms with van der Waals surface area (Å²) in [6.07, 6.45) is 0.326. The van der Waals surface area contributed by atoms with Crippen LogP contribution in [0.15, 0.2) is 48.5 Å². The number of thiocarbonyl (C=S) groups is 1. The van der Waals surface area contributed by atoms with Crippen molar-refractivity contribution in [3.63, 3.8) is 0 Å². The van der Waals surface area contributed by atoms with Crippen LogP contribution >= 0.6 is 12.2 Å². The van der Waals surface area contributed by atoms with Gasteiger partial charge in [-0.3, -0.25) is 30.6 Å². The largest absolute Gasteiger partial charge is 0.490 e. The van der Waals surface area contributed by atoms with Gasteiger partial charge in [0.25, 0.3) is 11.8 Å². The molecule has 2 aromatic rings. The van der Waals surface area contributed by atoms with E-state index in [4.69, 9.17) is 17.0 Å². The van der Waals surface area contributed by atoms with Crippen LogP contribution in [0.4, 0.5) is 5.69 Å². The molecule has 3 amide bonds. The monoisotopic (exact) mass is 456 g/mol. The van der Waals surface area contributed by atoms with Gasteiger partial charge < -0.3 is 10.1 Å². The second-order valence-corrected chi connectivity index (χ2v) is 8.16. The van der Waals surface area contributed by atoms with E-state index >= 15 is 0 Å². The van der Waals surface area contributed by atoms with Crippen LogP contribution in [0.3, 0.4) is 0 Å². The van der Waals surface area contributed by atoms with E-state index in [0.717, 1.165) is 0 Å². The molecule has 0 saturated carbocycles. The summed E-state index contributed by atoms with van der Waals surface area (Å²) in [5, 5.41) is 5.21. The molecule has 8 nitrogen and oxygen atoms in total. The van der Waals surface area contributed by atoms with Gasteiger partial charge in [-0.15, -0.1) is 0 Å². The standard InChI is InChI=1S/C23H28N4O4S/c1-14(2)13-20(28)24-17-11-9-16(10-12-17)21(29)26-27-23(32)25-22(30)18-7-5-6-8-19(18)31-15(3)4/h5-12,14-15H,13H2,1-4H3,(H,24,28)(H,26,29)(H2,25,27,30,32). The van der Waals surface area contributed by atoms with Gasteiger partial charge in [-0.1, -0.05) is 26.0 Å². The fraction of sp³-hybridized carbons (Fsp3) is 0.304. The number of ether oxygens (including phenoxy) is 1. The molecule has 0 radical (unpaired) electrons. The molecular formula is C23H28N4O4S. The molecule has 0 bridgehead atoms. The Hall–Kier alpha value is -3.46. The third-order valence-electron chi connectivity index (χ3n) is 4.04. The Kier molecular flexibility index (Phi) is 9.15. The molecule has 0 heterocycles. The van der Waals surface area contributed by atoms with E-state index in [1.165, 1.54) is 0 Å². The number of carbonyl (C=O) groups is 3. The van der Waals surface area contributed by atoms with E-state index in [1.54, 1.807) is 48.5 Å². The molecule has 0 atom stereocenters. The molecule has 9 heteroatoms.